The number of carbonyl (C=O) groups excluding carboxylic acids is 1. The molecule has 0 heterocycles. The van der Waals surface area contributed by atoms with Gasteiger partial charge in [-0.05, 0) is 33.1 Å². The maximum absolute atomic E-state index is 11.3. The van der Waals surface area contributed by atoms with E-state index < -0.39 is 0 Å². The topological polar surface area (TPSA) is 26.3 Å². The van der Waals surface area contributed by atoms with Gasteiger partial charge in [0.15, 0.2) is 0 Å². The summed E-state index contributed by atoms with van der Waals surface area (Å²) in [5.41, 5.74) is -0.356. The van der Waals surface area contributed by atoms with Crippen molar-refractivity contribution in [1.29, 1.82) is 0 Å². The van der Waals surface area contributed by atoms with Crippen molar-refractivity contribution in [3.8, 4) is 0 Å². The third-order valence-electron chi connectivity index (χ3n) is 1.85. The van der Waals surface area contributed by atoms with Gasteiger partial charge in [0, 0.05) is 0 Å². The number of allylic oxidation sites excluding steroid dienone is 1. The molecule has 0 aromatic carbocycles. The molecule has 1 rings (SSSR count). The molecular formula is C10H16O2. The second-order valence-corrected chi connectivity index (χ2v) is 4.28. The van der Waals surface area contributed by atoms with Gasteiger partial charge in [0.1, 0.15) is 5.60 Å². The molecule has 2 heteroatoms. The standard InChI is InChI=1S/C10H16O2/c1-5-7-6-8(7)9(11)12-10(2,3)4/h5,7-8H,1,6H2,2-4H3/t7-,8+/m0/s1. The number of hydrogen-bond acceptors (Lipinski definition) is 2. The molecule has 2 atom stereocenters. The molecule has 2 nitrogen and oxygen atoms in total. The van der Waals surface area contributed by atoms with Crippen molar-refractivity contribution in [2.24, 2.45) is 11.8 Å². The number of esters is 1. The predicted octanol–water partition coefficient (Wildman–Crippen LogP) is 2.15. The Morgan fingerprint density at radius 3 is 2.50 bits per heavy atom. The summed E-state index contributed by atoms with van der Waals surface area (Å²) in [6.07, 6.45) is 2.74. The van der Waals surface area contributed by atoms with Gasteiger partial charge in [0.2, 0.25) is 0 Å². The summed E-state index contributed by atoms with van der Waals surface area (Å²) in [6.45, 7) is 9.30. The van der Waals surface area contributed by atoms with E-state index >= 15 is 0 Å². The molecule has 12 heavy (non-hydrogen) atoms. The van der Waals surface area contributed by atoms with Crippen LogP contribution in [0.2, 0.25) is 0 Å². The molecule has 0 saturated heterocycles. The van der Waals surface area contributed by atoms with E-state index in [1.54, 1.807) is 0 Å². The highest BCUT2D eigenvalue weighted by Crippen LogP contribution is 2.40. The zero-order valence-corrected chi connectivity index (χ0v) is 7.96. The van der Waals surface area contributed by atoms with E-state index in [4.69, 9.17) is 4.74 Å². The van der Waals surface area contributed by atoms with Gasteiger partial charge in [0.25, 0.3) is 0 Å². The molecular weight excluding hydrogens is 152 g/mol. The average Bonchev–Trinajstić information content (AvgIpc) is 2.60. The number of hydrogen-bond donors (Lipinski definition) is 0. The maximum atomic E-state index is 11.3. The molecule has 1 aliphatic rings. The van der Waals surface area contributed by atoms with Crippen molar-refractivity contribution in [1.82, 2.24) is 0 Å². The lowest BCUT2D eigenvalue weighted by Gasteiger charge is -2.19. The Bertz CT molecular complexity index is 200. The molecule has 0 aromatic rings. The first-order valence-corrected chi connectivity index (χ1v) is 4.29. The quantitative estimate of drug-likeness (QED) is 0.466. The van der Waals surface area contributed by atoms with Crippen LogP contribution in [0.15, 0.2) is 12.7 Å². The largest absolute Gasteiger partial charge is 0.460 e. The minimum Gasteiger partial charge on any atom is -0.460 e. The van der Waals surface area contributed by atoms with E-state index in [0.717, 1.165) is 6.42 Å². The lowest BCUT2D eigenvalue weighted by molar-refractivity contribution is -0.156. The van der Waals surface area contributed by atoms with Crippen LogP contribution in [0.5, 0.6) is 0 Å². The smallest absolute Gasteiger partial charge is 0.310 e. The fraction of sp³-hybridized carbons (Fsp3) is 0.700. The van der Waals surface area contributed by atoms with E-state index in [-0.39, 0.29) is 17.5 Å². The Hall–Kier alpha value is -0.790. The van der Waals surface area contributed by atoms with E-state index in [1.807, 2.05) is 26.8 Å². The Balaban J connectivity index is 2.36. The number of carbonyl (C=O) groups is 1. The molecule has 0 aliphatic heterocycles. The molecule has 0 bridgehead atoms. The summed E-state index contributed by atoms with van der Waals surface area (Å²) in [5.74, 6) is 0.369. The first kappa shape index (κ1) is 9.30. The first-order valence-electron chi connectivity index (χ1n) is 4.29. The lowest BCUT2D eigenvalue weighted by Crippen LogP contribution is -2.25. The second kappa shape index (κ2) is 2.92. The fourth-order valence-corrected chi connectivity index (χ4v) is 1.12. The first-order chi connectivity index (χ1) is 5.44. The van der Waals surface area contributed by atoms with Crippen LogP contribution in [0, 0.1) is 11.8 Å². The van der Waals surface area contributed by atoms with Crippen LogP contribution < -0.4 is 0 Å². The Morgan fingerprint density at radius 2 is 2.17 bits per heavy atom. The molecule has 1 aliphatic carbocycles. The van der Waals surface area contributed by atoms with Gasteiger partial charge < -0.3 is 4.74 Å². The van der Waals surface area contributed by atoms with Gasteiger partial charge in [-0.15, -0.1) is 6.58 Å². The van der Waals surface area contributed by atoms with Crippen LogP contribution in [0.25, 0.3) is 0 Å². The van der Waals surface area contributed by atoms with Crippen LogP contribution in [-0.4, -0.2) is 11.6 Å². The molecule has 1 saturated carbocycles. The Morgan fingerprint density at radius 1 is 1.58 bits per heavy atom. The highest BCUT2D eigenvalue weighted by atomic mass is 16.6. The number of rotatable bonds is 2. The molecule has 0 aromatic heterocycles. The fourth-order valence-electron chi connectivity index (χ4n) is 1.12. The van der Waals surface area contributed by atoms with Crippen LogP contribution in [0.1, 0.15) is 27.2 Å². The number of ether oxygens (including phenoxy) is 1. The minimum absolute atomic E-state index is 0.0765. The van der Waals surface area contributed by atoms with Crippen molar-refractivity contribution >= 4 is 5.97 Å². The Kier molecular flexibility index (Phi) is 2.27. The second-order valence-electron chi connectivity index (χ2n) is 4.28. The van der Waals surface area contributed by atoms with Crippen LogP contribution in [0.4, 0.5) is 0 Å². The van der Waals surface area contributed by atoms with E-state index in [2.05, 4.69) is 6.58 Å². The third-order valence-corrected chi connectivity index (χ3v) is 1.85. The van der Waals surface area contributed by atoms with Crippen molar-refractivity contribution in [2.45, 2.75) is 32.8 Å². The molecule has 0 radical (unpaired) electrons. The molecule has 0 spiro atoms. The van der Waals surface area contributed by atoms with Crippen LogP contribution in [0.3, 0.4) is 0 Å². The zero-order chi connectivity index (χ0) is 9.35. The summed E-state index contributed by atoms with van der Waals surface area (Å²) < 4.78 is 5.21. The Labute approximate surface area is 73.6 Å². The van der Waals surface area contributed by atoms with Gasteiger partial charge in [-0.25, -0.2) is 0 Å². The monoisotopic (exact) mass is 168 g/mol. The summed E-state index contributed by atoms with van der Waals surface area (Å²) in [7, 11) is 0. The van der Waals surface area contributed by atoms with Gasteiger partial charge >= 0.3 is 5.97 Å². The van der Waals surface area contributed by atoms with E-state index in [0.29, 0.717) is 5.92 Å². The summed E-state index contributed by atoms with van der Waals surface area (Å²) >= 11 is 0. The van der Waals surface area contributed by atoms with Gasteiger partial charge in [0.05, 0.1) is 5.92 Å². The molecule has 68 valence electrons. The van der Waals surface area contributed by atoms with Crippen LogP contribution >= 0.6 is 0 Å². The van der Waals surface area contributed by atoms with Crippen molar-refractivity contribution in [3.63, 3.8) is 0 Å². The van der Waals surface area contributed by atoms with Gasteiger partial charge in [-0.1, -0.05) is 6.08 Å². The highest BCUT2D eigenvalue weighted by molar-refractivity contribution is 5.76. The van der Waals surface area contributed by atoms with Crippen molar-refractivity contribution in [2.75, 3.05) is 0 Å². The maximum Gasteiger partial charge on any atom is 0.310 e. The molecule has 0 unspecified atom stereocenters. The summed E-state index contributed by atoms with van der Waals surface area (Å²) in [6, 6.07) is 0. The molecule has 0 amide bonds. The highest BCUT2D eigenvalue weighted by Gasteiger charge is 2.43. The zero-order valence-electron chi connectivity index (χ0n) is 7.96. The van der Waals surface area contributed by atoms with Crippen molar-refractivity contribution in [3.05, 3.63) is 12.7 Å². The molecule has 0 N–H and O–H groups in total. The van der Waals surface area contributed by atoms with Gasteiger partial charge in [-0.3, -0.25) is 4.79 Å². The average molecular weight is 168 g/mol. The normalized spacial score (nSPS) is 27.9. The summed E-state index contributed by atoms with van der Waals surface area (Å²) in [4.78, 5) is 11.3. The molecule has 1 fully saturated rings. The van der Waals surface area contributed by atoms with Gasteiger partial charge in [-0.2, -0.15) is 0 Å². The lowest BCUT2D eigenvalue weighted by atomic mass is 10.2. The van der Waals surface area contributed by atoms with E-state index in [1.165, 1.54) is 0 Å². The van der Waals surface area contributed by atoms with Crippen molar-refractivity contribution < 1.29 is 9.53 Å². The predicted molar refractivity (Wildman–Crippen MR) is 47.6 cm³/mol. The van der Waals surface area contributed by atoms with E-state index in [9.17, 15) is 4.79 Å². The minimum atomic E-state index is -0.356. The third kappa shape index (κ3) is 2.36. The van der Waals surface area contributed by atoms with Crippen LogP contribution in [-0.2, 0) is 9.53 Å². The summed E-state index contributed by atoms with van der Waals surface area (Å²) in [5, 5.41) is 0. The SMILES string of the molecule is C=C[C@H]1C[C@H]1C(=O)OC(C)(C)C.